The second-order valence-electron chi connectivity index (χ2n) is 5.27. The molecular weight excluding hydrogens is 248 g/mol. The summed E-state index contributed by atoms with van der Waals surface area (Å²) in [5, 5.41) is 0.631. The van der Waals surface area contributed by atoms with Crippen LogP contribution in [0.15, 0.2) is 12.1 Å². The van der Waals surface area contributed by atoms with Gasteiger partial charge >= 0.3 is 0 Å². The maximum absolute atomic E-state index is 12.3. The van der Waals surface area contributed by atoms with Crippen molar-refractivity contribution >= 4 is 17.4 Å². The molecule has 0 aromatic heterocycles. The Morgan fingerprint density at radius 3 is 2.89 bits per heavy atom. The van der Waals surface area contributed by atoms with Gasteiger partial charge in [0, 0.05) is 11.4 Å². The van der Waals surface area contributed by atoms with Crippen LogP contribution in [0.25, 0.3) is 0 Å². The first-order valence-corrected chi connectivity index (χ1v) is 6.94. The van der Waals surface area contributed by atoms with Gasteiger partial charge in [0.15, 0.2) is 5.78 Å². The van der Waals surface area contributed by atoms with E-state index in [-0.39, 0.29) is 5.78 Å². The molecule has 0 spiro atoms. The fourth-order valence-electron chi connectivity index (χ4n) is 2.29. The van der Waals surface area contributed by atoms with E-state index < -0.39 is 0 Å². The Morgan fingerprint density at radius 1 is 1.39 bits per heavy atom. The minimum absolute atomic E-state index is 0.130. The zero-order chi connectivity index (χ0) is 13.1. The predicted octanol–water partition coefficient (Wildman–Crippen LogP) is 4.28. The first-order chi connectivity index (χ1) is 8.58. The molecule has 0 saturated heterocycles. The maximum atomic E-state index is 12.3. The van der Waals surface area contributed by atoms with E-state index in [9.17, 15) is 4.79 Å². The van der Waals surface area contributed by atoms with Gasteiger partial charge < -0.3 is 4.74 Å². The van der Waals surface area contributed by atoms with Crippen LogP contribution < -0.4 is 4.74 Å². The van der Waals surface area contributed by atoms with Crippen molar-refractivity contribution in [1.29, 1.82) is 0 Å². The molecule has 0 saturated carbocycles. The first kappa shape index (κ1) is 13.4. The number of aryl methyl sites for hydroxylation is 1. The van der Waals surface area contributed by atoms with Crippen LogP contribution in [-0.4, -0.2) is 12.4 Å². The van der Waals surface area contributed by atoms with E-state index in [1.54, 1.807) is 6.07 Å². The Kier molecular flexibility index (Phi) is 4.28. The fourth-order valence-corrected chi connectivity index (χ4v) is 2.53. The second kappa shape index (κ2) is 5.75. The van der Waals surface area contributed by atoms with E-state index in [1.807, 2.05) is 19.9 Å². The number of halogens is 1. The molecule has 98 valence electrons. The average molecular weight is 267 g/mol. The molecule has 1 aromatic carbocycles. The normalized spacial score (nSPS) is 14.9. The van der Waals surface area contributed by atoms with Gasteiger partial charge in [0.1, 0.15) is 5.75 Å². The predicted molar refractivity (Wildman–Crippen MR) is 73.7 cm³/mol. The molecule has 1 aliphatic heterocycles. The lowest BCUT2D eigenvalue weighted by Crippen LogP contribution is -2.08. The summed E-state index contributed by atoms with van der Waals surface area (Å²) in [4.78, 5) is 12.3. The van der Waals surface area contributed by atoms with Crippen LogP contribution in [0.1, 0.15) is 49.0 Å². The number of hydrogen-bond donors (Lipinski definition) is 0. The zero-order valence-electron chi connectivity index (χ0n) is 11.0. The third-order valence-electron chi connectivity index (χ3n) is 3.11. The molecule has 0 unspecified atom stereocenters. The van der Waals surface area contributed by atoms with Gasteiger partial charge in [-0.3, -0.25) is 4.79 Å². The quantitative estimate of drug-likeness (QED) is 0.763. The number of ether oxygens (including phenoxy) is 1. The molecule has 18 heavy (non-hydrogen) atoms. The lowest BCUT2D eigenvalue weighted by atomic mass is 9.97. The van der Waals surface area contributed by atoms with Crippen molar-refractivity contribution in [2.75, 3.05) is 6.61 Å². The Balaban J connectivity index is 2.39. The van der Waals surface area contributed by atoms with Crippen LogP contribution in [0.2, 0.25) is 5.02 Å². The summed E-state index contributed by atoms with van der Waals surface area (Å²) in [5.74, 6) is 1.24. The Bertz CT molecular complexity index is 452. The van der Waals surface area contributed by atoms with Crippen molar-refractivity contribution in [1.82, 2.24) is 0 Å². The zero-order valence-corrected chi connectivity index (χ0v) is 11.7. The Morgan fingerprint density at radius 2 is 2.17 bits per heavy atom. The molecule has 0 atom stereocenters. The molecule has 0 bridgehead atoms. The third-order valence-corrected chi connectivity index (χ3v) is 3.33. The molecule has 0 aliphatic carbocycles. The lowest BCUT2D eigenvalue weighted by Gasteiger charge is -2.14. The number of Topliss-reactive ketones (excluding diaryl/α,β-unsaturated/α-hetero) is 1. The third kappa shape index (κ3) is 3.05. The number of fused-ring (bicyclic) bond motifs is 1. The van der Waals surface area contributed by atoms with Gasteiger partial charge in [-0.2, -0.15) is 0 Å². The molecule has 2 nitrogen and oxygen atoms in total. The number of carbonyl (C=O) groups is 1. The SMILES string of the molecule is CC(C)CC(=O)c1cc(Cl)cc2c1OCCCC2. The Labute approximate surface area is 113 Å². The van der Waals surface area contributed by atoms with E-state index in [1.165, 1.54) is 0 Å². The summed E-state index contributed by atoms with van der Waals surface area (Å²) >= 11 is 6.11. The molecule has 0 amide bonds. The van der Waals surface area contributed by atoms with E-state index >= 15 is 0 Å². The highest BCUT2D eigenvalue weighted by molar-refractivity contribution is 6.31. The van der Waals surface area contributed by atoms with Crippen LogP contribution in [0.5, 0.6) is 5.75 Å². The van der Waals surface area contributed by atoms with Gasteiger partial charge in [0.25, 0.3) is 0 Å². The van der Waals surface area contributed by atoms with Gasteiger partial charge in [-0.15, -0.1) is 0 Å². The highest BCUT2D eigenvalue weighted by atomic mass is 35.5. The van der Waals surface area contributed by atoms with Gasteiger partial charge in [-0.25, -0.2) is 0 Å². The molecule has 1 aromatic rings. The summed E-state index contributed by atoms with van der Waals surface area (Å²) in [6.45, 7) is 4.78. The number of benzene rings is 1. The topological polar surface area (TPSA) is 26.3 Å². The number of hydrogen-bond acceptors (Lipinski definition) is 2. The smallest absolute Gasteiger partial charge is 0.166 e. The summed E-state index contributed by atoms with van der Waals surface area (Å²) in [7, 11) is 0. The minimum atomic E-state index is 0.130. The minimum Gasteiger partial charge on any atom is -0.493 e. The lowest BCUT2D eigenvalue weighted by molar-refractivity contribution is 0.0964. The molecule has 0 radical (unpaired) electrons. The van der Waals surface area contributed by atoms with E-state index in [2.05, 4.69) is 0 Å². The number of carbonyl (C=O) groups excluding carboxylic acids is 1. The van der Waals surface area contributed by atoms with Gasteiger partial charge in [-0.05, 0) is 42.9 Å². The van der Waals surface area contributed by atoms with Crippen LogP contribution in [-0.2, 0) is 6.42 Å². The van der Waals surface area contributed by atoms with Gasteiger partial charge in [-0.1, -0.05) is 25.4 Å². The van der Waals surface area contributed by atoms with Crippen LogP contribution in [0, 0.1) is 5.92 Å². The number of ketones is 1. The summed E-state index contributed by atoms with van der Waals surface area (Å²) in [6.07, 6.45) is 3.60. The monoisotopic (exact) mass is 266 g/mol. The largest absolute Gasteiger partial charge is 0.493 e. The standard InChI is InChI=1S/C15H19ClO2/c1-10(2)7-14(17)13-9-12(16)8-11-5-3-4-6-18-15(11)13/h8-10H,3-7H2,1-2H3. The maximum Gasteiger partial charge on any atom is 0.166 e. The molecule has 0 fully saturated rings. The molecular formula is C15H19ClO2. The van der Waals surface area contributed by atoms with E-state index in [0.29, 0.717) is 29.5 Å². The molecule has 0 N–H and O–H groups in total. The van der Waals surface area contributed by atoms with E-state index in [4.69, 9.17) is 16.3 Å². The van der Waals surface area contributed by atoms with Crippen molar-refractivity contribution in [3.8, 4) is 5.75 Å². The van der Waals surface area contributed by atoms with Crippen LogP contribution >= 0.6 is 11.6 Å². The Hall–Kier alpha value is -1.02. The van der Waals surface area contributed by atoms with Crippen LogP contribution in [0.3, 0.4) is 0 Å². The summed E-state index contributed by atoms with van der Waals surface area (Å²) < 4.78 is 5.76. The molecule has 3 heteroatoms. The fraction of sp³-hybridized carbons (Fsp3) is 0.533. The van der Waals surface area contributed by atoms with Gasteiger partial charge in [0.2, 0.25) is 0 Å². The number of rotatable bonds is 3. The molecule has 1 heterocycles. The van der Waals surface area contributed by atoms with Crippen molar-refractivity contribution in [3.63, 3.8) is 0 Å². The van der Waals surface area contributed by atoms with Crippen molar-refractivity contribution in [2.45, 2.75) is 39.5 Å². The first-order valence-electron chi connectivity index (χ1n) is 6.56. The molecule has 1 aliphatic rings. The highest BCUT2D eigenvalue weighted by Crippen LogP contribution is 2.33. The van der Waals surface area contributed by atoms with Crippen molar-refractivity contribution in [2.24, 2.45) is 5.92 Å². The van der Waals surface area contributed by atoms with Gasteiger partial charge in [0.05, 0.1) is 12.2 Å². The van der Waals surface area contributed by atoms with E-state index in [0.717, 1.165) is 30.6 Å². The highest BCUT2D eigenvalue weighted by Gasteiger charge is 2.20. The summed E-state index contributed by atoms with van der Waals surface area (Å²) in [6, 6.07) is 3.67. The molecule has 2 rings (SSSR count). The van der Waals surface area contributed by atoms with Crippen LogP contribution in [0.4, 0.5) is 0 Å². The second-order valence-corrected chi connectivity index (χ2v) is 5.70. The average Bonchev–Trinajstić information content (AvgIpc) is 2.51. The summed E-state index contributed by atoms with van der Waals surface area (Å²) in [5.41, 5.74) is 1.74. The van der Waals surface area contributed by atoms with Crippen molar-refractivity contribution in [3.05, 3.63) is 28.3 Å². The van der Waals surface area contributed by atoms with Crippen molar-refractivity contribution < 1.29 is 9.53 Å².